The van der Waals surface area contributed by atoms with Gasteiger partial charge in [0.25, 0.3) is 5.91 Å². The van der Waals surface area contributed by atoms with Crippen LogP contribution in [-0.4, -0.2) is 15.7 Å². The summed E-state index contributed by atoms with van der Waals surface area (Å²) in [7, 11) is 0. The van der Waals surface area contributed by atoms with Gasteiger partial charge in [-0.05, 0) is 44.2 Å². The molecule has 3 aromatic rings. The zero-order valence-electron chi connectivity index (χ0n) is 14.8. The van der Waals surface area contributed by atoms with Crippen LogP contribution >= 0.6 is 11.6 Å². The molecule has 0 unspecified atom stereocenters. The van der Waals surface area contributed by atoms with Crippen LogP contribution in [0.2, 0.25) is 5.02 Å². The van der Waals surface area contributed by atoms with E-state index in [0.717, 1.165) is 0 Å². The number of halogens is 2. The molecule has 1 amide bonds. The monoisotopic (exact) mass is 382 g/mol. The molecule has 1 N–H and O–H groups in total. The van der Waals surface area contributed by atoms with Crippen LogP contribution in [0.4, 0.5) is 10.1 Å². The summed E-state index contributed by atoms with van der Waals surface area (Å²) in [5.41, 5.74) is 2.94. The minimum Gasteiger partial charge on any atom is -0.319 e. The fraction of sp³-hybridized carbons (Fsp3) is 0.150. The van der Waals surface area contributed by atoms with E-state index in [9.17, 15) is 9.18 Å². The first-order valence-corrected chi connectivity index (χ1v) is 8.57. The van der Waals surface area contributed by atoms with Crippen molar-refractivity contribution in [2.24, 2.45) is 0 Å². The molecule has 1 heterocycles. The molecule has 0 aliphatic carbocycles. The first kappa shape index (κ1) is 18.6. The Hall–Kier alpha value is -3.17. The number of nitrogens with zero attached hydrogens (tertiary/aromatic N) is 3. The number of rotatable bonds is 4. The standard InChI is InChI=1S/C20H16ClFN4O/c1-12-19(24-20(27)15-6-3-5-14(9-15)10-23)13(2)26(25-12)11-16-17(21)7-4-8-18(16)22/h3-9H,11H2,1-2H3,(H,24,27). The van der Waals surface area contributed by atoms with E-state index in [1.54, 1.807) is 48.9 Å². The third kappa shape index (κ3) is 3.83. The number of carbonyl (C=O) groups excluding carboxylic acids is 1. The number of aromatic nitrogens is 2. The van der Waals surface area contributed by atoms with E-state index < -0.39 is 5.82 Å². The molecule has 27 heavy (non-hydrogen) atoms. The fourth-order valence-electron chi connectivity index (χ4n) is 2.78. The maximum Gasteiger partial charge on any atom is 0.255 e. The van der Waals surface area contributed by atoms with Gasteiger partial charge in [0.15, 0.2) is 0 Å². The second-order valence-corrected chi connectivity index (χ2v) is 6.46. The van der Waals surface area contributed by atoms with Crippen LogP contribution in [0.5, 0.6) is 0 Å². The van der Waals surface area contributed by atoms with Gasteiger partial charge in [-0.2, -0.15) is 10.4 Å². The molecule has 0 atom stereocenters. The van der Waals surface area contributed by atoms with E-state index in [2.05, 4.69) is 10.4 Å². The van der Waals surface area contributed by atoms with Gasteiger partial charge in [-0.15, -0.1) is 0 Å². The highest BCUT2D eigenvalue weighted by atomic mass is 35.5. The Kier molecular flexibility index (Phi) is 5.24. The van der Waals surface area contributed by atoms with Crippen molar-refractivity contribution in [3.8, 4) is 6.07 Å². The molecule has 7 heteroatoms. The van der Waals surface area contributed by atoms with E-state index in [1.165, 1.54) is 12.1 Å². The lowest BCUT2D eigenvalue weighted by molar-refractivity contribution is 0.102. The zero-order valence-corrected chi connectivity index (χ0v) is 15.5. The van der Waals surface area contributed by atoms with E-state index in [0.29, 0.717) is 38.8 Å². The maximum atomic E-state index is 14.1. The highest BCUT2D eigenvalue weighted by Gasteiger charge is 2.17. The first-order valence-electron chi connectivity index (χ1n) is 8.19. The van der Waals surface area contributed by atoms with Crippen LogP contribution in [0, 0.1) is 31.0 Å². The van der Waals surface area contributed by atoms with Crippen LogP contribution in [0.1, 0.15) is 32.9 Å². The van der Waals surface area contributed by atoms with E-state index in [1.807, 2.05) is 6.07 Å². The molecule has 2 aromatic carbocycles. The molecule has 0 radical (unpaired) electrons. The first-order chi connectivity index (χ1) is 12.9. The Morgan fingerprint density at radius 1 is 1.30 bits per heavy atom. The number of nitrogens with one attached hydrogen (secondary N) is 1. The number of hydrogen-bond donors (Lipinski definition) is 1. The quantitative estimate of drug-likeness (QED) is 0.723. The van der Waals surface area contributed by atoms with Gasteiger partial charge in [0, 0.05) is 16.1 Å². The minimum absolute atomic E-state index is 0.151. The summed E-state index contributed by atoms with van der Waals surface area (Å²) >= 11 is 6.09. The van der Waals surface area contributed by atoms with E-state index in [4.69, 9.17) is 16.9 Å². The summed E-state index contributed by atoms with van der Waals surface area (Å²) in [6.07, 6.45) is 0. The predicted octanol–water partition coefficient (Wildman–Crippen LogP) is 4.46. The maximum absolute atomic E-state index is 14.1. The lowest BCUT2D eigenvalue weighted by Crippen LogP contribution is -2.13. The Bertz CT molecular complexity index is 1050. The molecule has 0 spiro atoms. The predicted molar refractivity (Wildman–Crippen MR) is 101 cm³/mol. The highest BCUT2D eigenvalue weighted by molar-refractivity contribution is 6.31. The van der Waals surface area contributed by atoms with Crippen molar-refractivity contribution in [1.29, 1.82) is 5.26 Å². The zero-order chi connectivity index (χ0) is 19.6. The molecule has 5 nitrogen and oxygen atoms in total. The molecular weight excluding hydrogens is 367 g/mol. The summed E-state index contributed by atoms with van der Waals surface area (Å²) in [5.74, 6) is -0.754. The molecule has 136 valence electrons. The van der Waals surface area contributed by atoms with Crippen molar-refractivity contribution < 1.29 is 9.18 Å². The van der Waals surface area contributed by atoms with Crippen molar-refractivity contribution in [3.63, 3.8) is 0 Å². The Labute approximate surface area is 161 Å². The van der Waals surface area contributed by atoms with Gasteiger partial charge in [0.05, 0.1) is 35.3 Å². The molecule has 0 saturated carbocycles. The Morgan fingerprint density at radius 2 is 2.04 bits per heavy atom. The Balaban J connectivity index is 1.88. The van der Waals surface area contributed by atoms with Crippen LogP contribution in [0.3, 0.4) is 0 Å². The van der Waals surface area contributed by atoms with Gasteiger partial charge in [0.2, 0.25) is 0 Å². The van der Waals surface area contributed by atoms with Gasteiger partial charge in [-0.25, -0.2) is 4.39 Å². The van der Waals surface area contributed by atoms with Crippen molar-refractivity contribution in [2.75, 3.05) is 5.32 Å². The lowest BCUT2D eigenvalue weighted by atomic mass is 10.1. The molecule has 0 saturated heterocycles. The molecule has 0 bridgehead atoms. The van der Waals surface area contributed by atoms with Crippen molar-refractivity contribution in [1.82, 2.24) is 9.78 Å². The van der Waals surface area contributed by atoms with Gasteiger partial charge in [0.1, 0.15) is 5.82 Å². The number of amides is 1. The second-order valence-electron chi connectivity index (χ2n) is 6.05. The summed E-state index contributed by atoms with van der Waals surface area (Å²) in [6, 6.07) is 12.9. The van der Waals surface area contributed by atoms with Crippen LogP contribution in [-0.2, 0) is 6.54 Å². The summed E-state index contributed by atoms with van der Waals surface area (Å²) in [5, 5.41) is 16.5. The van der Waals surface area contributed by atoms with Gasteiger partial charge >= 0.3 is 0 Å². The molecule has 0 aliphatic heterocycles. The van der Waals surface area contributed by atoms with Crippen molar-refractivity contribution >= 4 is 23.2 Å². The van der Waals surface area contributed by atoms with Gasteiger partial charge < -0.3 is 5.32 Å². The lowest BCUT2D eigenvalue weighted by Gasteiger charge is -2.09. The molecule has 1 aromatic heterocycles. The number of aryl methyl sites for hydroxylation is 1. The molecular formula is C20H16ClFN4O. The summed E-state index contributed by atoms with van der Waals surface area (Å²) in [4.78, 5) is 12.5. The number of benzene rings is 2. The Morgan fingerprint density at radius 3 is 2.74 bits per heavy atom. The van der Waals surface area contributed by atoms with E-state index >= 15 is 0 Å². The average Bonchev–Trinajstić information content (AvgIpc) is 2.92. The summed E-state index contributed by atoms with van der Waals surface area (Å²) < 4.78 is 15.7. The van der Waals surface area contributed by atoms with Crippen molar-refractivity contribution in [2.45, 2.75) is 20.4 Å². The summed E-state index contributed by atoms with van der Waals surface area (Å²) in [6.45, 7) is 3.70. The van der Waals surface area contributed by atoms with Crippen LogP contribution < -0.4 is 5.32 Å². The number of carbonyl (C=O) groups is 1. The van der Waals surface area contributed by atoms with Gasteiger partial charge in [-0.3, -0.25) is 9.48 Å². The smallest absolute Gasteiger partial charge is 0.255 e. The average molecular weight is 383 g/mol. The van der Waals surface area contributed by atoms with Crippen LogP contribution in [0.25, 0.3) is 0 Å². The molecule has 3 rings (SSSR count). The molecule has 0 aliphatic rings. The number of nitriles is 1. The van der Waals surface area contributed by atoms with Crippen LogP contribution in [0.15, 0.2) is 42.5 Å². The van der Waals surface area contributed by atoms with Gasteiger partial charge in [-0.1, -0.05) is 23.7 Å². The van der Waals surface area contributed by atoms with Crippen molar-refractivity contribution in [3.05, 3.63) is 81.4 Å². The number of anilines is 1. The third-order valence-corrected chi connectivity index (χ3v) is 4.60. The molecule has 0 fully saturated rings. The normalized spacial score (nSPS) is 10.5. The number of hydrogen-bond acceptors (Lipinski definition) is 3. The third-order valence-electron chi connectivity index (χ3n) is 4.24. The largest absolute Gasteiger partial charge is 0.319 e. The van der Waals surface area contributed by atoms with E-state index in [-0.39, 0.29) is 12.5 Å². The minimum atomic E-state index is -0.408. The fourth-order valence-corrected chi connectivity index (χ4v) is 3.00. The topological polar surface area (TPSA) is 70.7 Å². The SMILES string of the molecule is Cc1nn(Cc2c(F)cccc2Cl)c(C)c1NC(=O)c1cccc(C#N)c1. The second kappa shape index (κ2) is 7.60. The highest BCUT2D eigenvalue weighted by Crippen LogP contribution is 2.25.